The van der Waals surface area contributed by atoms with Crippen molar-refractivity contribution in [3.8, 4) is 0 Å². The molecule has 0 saturated carbocycles. The molecule has 0 aliphatic heterocycles. The van der Waals surface area contributed by atoms with Crippen molar-refractivity contribution in [1.82, 2.24) is 14.8 Å². The maximum Gasteiger partial charge on any atom is 0.267 e. The van der Waals surface area contributed by atoms with Crippen LogP contribution in [0.5, 0.6) is 0 Å². The minimum atomic E-state index is -0.223. The van der Waals surface area contributed by atoms with Gasteiger partial charge in [0.1, 0.15) is 4.88 Å². The molecule has 0 aliphatic carbocycles. The fraction of sp³-hybridized carbons (Fsp3) is 0.154. The van der Waals surface area contributed by atoms with Gasteiger partial charge in [-0.25, -0.2) is 0 Å². The van der Waals surface area contributed by atoms with Gasteiger partial charge in [-0.1, -0.05) is 0 Å². The van der Waals surface area contributed by atoms with E-state index < -0.39 is 0 Å². The van der Waals surface area contributed by atoms with Gasteiger partial charge in [0.15, 0.2) is 0 Å². The first-order valence-electron chi connectivity index (χ1n) is 6.15. The van der Waals surface area contributed by atoms with Crippen LogP contribution in [0.25, 0.3) is 10.1 Å². The molecule has 0 saturated heterocycles. The lowest BCUT2D eigenvalue weighted by molar-refractivity contribution is 0.103. The Morgan fingerprint density at radius 3 is 3.05 bits per heavy atom. The van der Waals surface area contributed by atoms with E-state index in [1.165, 1.54) is 11.3 Å². The molecule has 0 unspecified atom stereocenters. The zero-order valence-electron chi connectivity index (χ0n) is 10.8. The summed E-state index contributed by atoms with van der Waals surface area (Å²) in [7, 11) is 0. The molecule has 0 aliphatic rings. The van der Waals surface area contributed by atoms with E-state index in [4.69, 9.17) is 5.73 Å². The lowest BCUT2D eigenvalue weighted by Crippen LogP contribution is -2.11. The number of carbonyl (C=O) groups excluding carboxylic acids is 1. The van der Waals surface area contributed by atoms with Gasteiger partial charge in [0.2, 0.25) is 0 Å². The molecular formula is C13H13N5OS. The van der Waals surface area contributed by atoms with E-state index in [1.807, 2.05) is 13.0 Å². The standard InChI is InChI=1S/C13H13N5OS/c1-2-18-7-8(5-16-18)17-13(19)12-11(14)9-3-4-15-6-10(9)20-12/h3-7H,2,14H2,1H3,(H,17,19). The third kappa shape index (κ3) is 2.12. The molecule has 7 heteroatoms. The van der Waals surface area contributed by atoms with Gasteiger partial charge in [-0.2, -0.15) is 5.10 Å². The number of carbonyl (C=O) groups is 1. The van der Waals surface area contributed by atoms with Crippen LogP contribution in [0.2, 0.25) is 0 Å². The number of nitrogens with zero attached hydrogens (tertiary/aromatic N) is 3. The SMILES string of the molecule is CCn1cc(NC(=O)c2sc3cnccc3c2N)cn1. The third-order valence-electron chi connectivity index (χ3n) is 2.95. The number of thiophene rings is 1. The number of fused-ring (bicyclic) bond motifs is 1. The van der Waals surface area contributed by atoms with Gasteiger partial charge in [0, 0.05) is 30.5 Å². The Balaban J connectivity index is 1.90. The second kappa shape index (κ2) is 4.93. The molecule has 0 aromatic carbocycles. The number of pyridine rings is 1. The van der Waals surface area contributed by atoms with Gasteiger partial charge in [-0.05, 0) is 13.0 Å². The molecule has 3 N–H and O–H groups in total. The number of hydrogen-bond donors (Lipinski definition) is 2. The highest BCUT2D eigenvalue weighted by Crippen LogP contribution is 2.33. The van der Waals surface area contributed by atoms with Crippen molar-refractivity contribution in [1.29, 1.82) is 0 Å². The van der Waals surface area contributed by atoms with Crippen molar-refractivity contribution >= 4 is 38.7 Å². The van der Waals surface area contributed by atoms with Crippen molar-refractivity contribution in [3.63, 3.8) is 0 Å². The number of nitrogen functional groups attached to an aromatic ring is 1. The number of aromatic nitrogens is 3. The molecule has 1 amide bonds. The van der Waals surface area contributed by atoms with Crippen molar-refractivity contribution in [2.75, 3.05) is 11.1 Å². The Morgan fingerprint density at radius 1 is 1.50 bits per heavy atom. The molecule has 102 valence electrons. The van der Waals surface area contributed by atoms with Gasteiger partial charge >= 0.3 is 0 Å². The van der Waals surface area contributed by atoms with Gasteiger partial charge < -0.3 is 11.1 Å². The first-order valence-corrected chi connectivity index (χ1v) is 6.96. The number of rotatable bonds is 3. The molecule has 3 aromatic rings. The van der Waals surface area contributed by atoms with E-state index in [0.29, 0.717) is 16.3 Å². The molecule has 0 bridgehead atoms. The van der Waals surface area contributed by atoms with Gasteiger partial charge in [0.05, 0.1) is 22.3 Å². The molecule has 0 fully saturated rings. The maximum absolute atomic E-state index is 12.3. The number of anilines is 2. The summed E-state index contributed by atoms with van der Waals surface area (Å²) in [6.45, 7) is 2.74. The fourth-order valence-electron chi connectivity index (χ4n) is 1.93. The molecule has 3 aromatic heterocycles. The summed E-state index contributed by atoms with van der Waals surface area (Å²) in [6.07, 6.45) is 6.77. The molecular weight excluding hydrogens is 274 g/mol. The van der Waals surface area contributed by atoms with E-state index in [-0.39, 0.29) is 5.91 Å². The zero-order chi connectivity index (χ0) is 14.1. The van der Waals surface area contributed by atoms with Crippen LogP contribution in [0.1, 0.15) is 16.6 Å². The molecule has 3 rings (SSSR count). The van der Waals surface area contributed by atoms with Gasteiger partial charge in [-0.3, -0.25) is 14.5 Å². The molecule has 0 atom stereocenters. The average molecular weight is 287 g/mol. The highest BCUT2D eigenvalue weighted by Gasteiger charge is 2.16. The summed E-state index contributed by atoms with van der Waals surface area (Å²) in [5.41, 5.74) is 7.18. The predicted molar refractivity (Wildman–Crippen MR) is 79.9 cm³/mol. The predicted octanol–water partition coefficient (Wildman–Crippen LogP) is 2.35. The Bertz CT molecular complexity index is 776. The van der Waals surface area contributed by atoms with E-state index in [1.54, 1.807) is 29.5 Å². The molecule has 20 heavy (non-hydrogen) atoms. The van der Waals surface area contributed by atoms with Gasteiger partial charge in [-0.15, -0.1) is 11.3 Å². The average Bonchev–Trinajstić information content (AvgIpc) is 3.04. The van der Waals surface area contributed by atoms with Crippen molar-refractivity contribution in [3.05, 3.63) is 35.7 Å². The quantitative estimate of drug-likeness (QED) is 0.774. The first-order chi connectivity index (χ1) is 9.69. The highest BCUT2D eigenvalue weighted by molar-refractivity contribution is 7.21. The largest absolute Gasteiger partial charge is 0.397 e. The lowest BCUT2D eigenvalue weighted by atomic mass is 10.2. The monoisotopic (exact) mass is 287 g/mol. The van der Waals surface area contributed by atoms with Crippen molar-refractivity contribution in [2.45, 2.75) is 13.5 Å². The van der Waals surface area contributed by atoms with Crippen LogP contribution in [-0.2, 0) is 6.54 Å². The Morgan fingerprint density at radius 2 is 2.35 bits per heavy atom. The highest BCUT2D eigenvalue weighted by atomic mass is 32.1. The minimum absolute atomic E-state index is 0.223. The number of aryl methyl sites for hydroxylation is 1. The fourth-order valence-corrected chi connectivity index (χ4v) is 2.91. The van der Waals surface area contributed by atoms with E-state index in [2.05, 4.69) is 15.4 Å². The topological polar surface area (TPSA) is 85.8 Å². The summed E-state index contributed by atoms with van der Waals surface area (Å²) in [5, 5.41) is 7.77. The third-order valence-corrected chi connectivity index (χ3v) is 4.11. The van der Waals surface area contributed by atoms with Crippen LogP contribution in [0.15, 0.2) is 30.9 Å². The number of hydrogen-bond acceptors (Lipinski definition) is 5. The summed E-state index contributed by atoms with van der Waals surface area (Å²) in [6, 6.07) is 1.81. The summed E-state index contributed by atoms with van der Waals surface area (Å²) >= 11 is 1.34. The molecule has 3 heterocycles. The summed E-state index contributed by atoms with van der Waals surface area (Å²) in [5.74, 6) is -0.223. The van der Waals surface area contributed by atoms with Crippen LogP contribution in [0.3, 0.4) is 0 Å². The van der Waals surface area contributed by atoms with Crippen LogP contribution < -0.4 is 11.1 Å². The molecule has 6 nitrogen and oxygen atoms in total. The number of nitrogens with two attached hydrogens (primary N) is 1. The number of nitrogens with one attached hydrogen (secondary N) is 1. The van der Waals surface area contributed by atoms with E-state index in [0.717, 1.165) is 16.6 Å². The Labute approximate surface area is 119 Å². The number of amides is 1. The normalized spacial score (nSPS) is 10.8. The van der Waals surface area contributed by atoms with Gasteiger partial charge in [0.25, 0.3) is 5.91 Å². The van der Waals surface area contributed by atoms with Crippen molar-refractivity contribution < 1.29 is 4.79 Å². The Hall–Kier alpha value is -2.41. The van der Waals surface area contributed by atoms with Crippen LogP contribution in [0, 0.1) is 0 Å². The summed E-state index contributed by atoms with van der Waals surface area (Å²) < 4.78 is 2.65. The van der Waals surface area contributed by atoms with E-state index >= 15 is 0 Å². The Kier molecular flexibility index (Phi) is 3.11. The maximum atomic E-state index is 12.3. The second-order valence-corrected chi connectivity index (χ2v) is 5.31. The zero-order valence-corrected chi connectivity index (χ0v) is 11.6. The second-order valence-electron chi connectivity index (χ2n) is 4.26. The molecule has 0 spiro atoms. The van der Waals surface area contributed by atoms with Crippen LogP contribution in [-0.4, -0.2) is 20.7 Å². The lowest BCUT2D eigenvalue weighted by Gasteiger charge is -2.00. The smallest absolute Gasteiger partial charge is 0.267 e. The molecule has 0 radical (unpaired) electrons. The van der Waals surface area contributed by atoms with Crippen LogP contribution >= 0.6 is 11.3 Å². The van der Waals surface area contributed by atoms with Crippen LogP contribution in [0.4, 0.5) is 11.4 Å². The van der Waals surface area contributed by atoms with E-state index in [9.17, 15) is 4.79 Å². The minimum Gasteiger partial charge on any atom is -0.397 e. The van der Waals surface area contributed by atoms with Crippen molar-refractivity contribution in [2.24, 2.45) is 0 Å². The first kappa shape index (κ1) is 12.6. The summed E-state index contributed by atoms with van der Waals surface area (Å²) in [4.78, 5) is 16.8.